The quantitative estimate of drug-likeness (QED) is 0.852. The van der Waals surface area contributed by atoms with Gasteiger partial charge in [0.2, 0.25) is 0 Å². The molecular weight excluding hydrogens is 234 g/mol. The Morgan fingerprint density at radius 3 is 3.11 bits per heavy atom. The summed E-state index contributed by atoms with van der Waals surface area (Å²) in [6.45, 7) is 3.09. The van der Waals surface area contributed by atoms with Crippen LogP contribution in [0.1, 0.15) is 29.0 Å². The standard InChI is InChI=1S/C12H17N3O3/c1-8-6-10(15-12(14-8)17-2)11(16)13-7-9-4-3-5-18-9/h6,9H,3-5,7H2,1-2H3,(H,13,16)/t9-/m0/s1. The van der Waals surface area contributed by atoms with Crippen molar-refractivity contribution in [3.8, 4) is 6.01 Å². The molecule has 0 unspecified atom stereocenters. The molecule has 0 aromatic carbocycles. The minimum absolute atomic E-state index is 0.124. The molecule has 0 radical (unpaired) electrons. The van der Waals surface area contributed by atoms with Crippen LogP contribution in [0.5, 0.6) is 6.01 Å². The molecule has 1 aliphatic rings. The number of hydrogen-bond donors (Lipinski definition) is 1. The van der Waals surface area contributed by atoms with Gasteiger partial charge in [-0.2, -0.15) is 4.98 Å². The molecule has 1 N–H and O–H groups in total. The van der Waals surface area contributed by atoms with Gasteiger partial charge in [-0.15, -0.1) is 0 Å². The minimum Gasteiger partial charge on any atom is -0.467 e. The zero-order chi connectivity index (χ0) is 13.0. The monoisotopic (exact) mass is 251 g/mol. The largest absolute Gasteiger partial charge is 0.467 e. The fraction of sp³-hybridized carbons (Fsp3) is 0.583. The summed E-state index contributed by atoms with van der Waals surface area (Å²) in [4.78, 5) is 20.0. The van der Waals surface area contributed by atoms with Gasteiger partial charge in [0.15, 0.2) is 0 Å². The van der Waals surface area contributed by atoms with Crippen LogP contribution in [0.15, 0.2) is 6.07 Å². The summed E-state index contributed by atoms with van der Waals surface area (Å²) < 4.78 is 10.4. The molecule has 0 saturated carbocycles. The van der Waals surface area contributed by atoms with Crippen LogP contribution in [0.2, 0.25) is 0 Å². The van der Waals surface area contributed by atoms with Crippen LogP contribution in [0, 0.1) is 6.92 Å². The predicted molar refractivity (Wildman–Crippen MR) is 64.6 cm³/mol. The summed E-state index contributed by atoms with van der Waals surface area (Å²) in [7, 11) is 1.48. The van der Waals surface area contributed by atoms with Gasteiger partial charge in [0.1, 0.15) is 5.69 Å². The van der Waals surface area contributed by atoms with E-state index in [9.17, 15) is 4.79 Å². The average Bonchev–Trinajstić information content (AvgIpc) is 2.88. The van der Waals surface area contributed by atoms with Gasteiger partial charge in [-0.1, -0.05) is 0 Å². The molecule has 1 amide bonds. The van der Waals surface area contributed by atoms with Gasteiger partial charge in [0.05, 0.1) is 13.2 Å². The third-order valence-electron chi connectivity index (χ3n) is 2.76. The van der Waals surface area contributed by atoms with Gasteiger partial charge in [-0.3, -0.25) is 4.79 Å². The van der Waals surface area contributed by atoms with Crippen molar-refractivity contribution >= 4 is 5.91 Å². The molecule has 6 heteroatoms. The number of nitrogens with one attached hydrogen (secondary N) is 1. The number of carbonyl (C=O) groups excluding carboxylic acids is 1. The van der Waals surface area contributed by atoms with Gasteiger partial charge < -0.3 is 14.8 Å². The Morgan fingerprint density at radius 2 is 2.44 bits per heavy atom. The van der Waals surface area contributed by atoms with Crippen molar-refractivity contribution in [1.82, 2.24) is 15.3 Å². The normalized spacial score (nSPS) is 18.7. The number of hydrogen-bond acceptors (Lipinski definition) is 5. The number of ether oxygens (including phenoxy) is 2. The zero-order valence-electron chi connectivity index (χ0n) is 10.6. The maximum atomic E-state index is 11.9. The highest BCUT2D eigenvalue weighted by atomic mass is 16.5. The van der Waals surface area contributed by atoms with Crippen molar-refractivity contribution in [2.45, 2.75) is 25.9 Å². The first-order valence-electron chi connectivity index (χ1n) is 5.98. The van der Waals surface area contributed by atoms with E-state index >= 15 is 0 Å². The van der Waals surface area contributed by atoms with Crippen molar-refractivity contribution in [2.75, 3.05) is 20.3 Å². The predicted octanol–water partition coefficient (Wildman–Crippen LogP) is 0.702. The number of rotatable bonds is 4. The summed E-state index contributed by atoms with van der Waals surface area (Å²) in [5.74, 6) is -0.227. The van der Waals surface area contributed by atoms with Crippen molar-refractivity contribution in [1.29, 1.82) is 0 Å². The lowest BCUT2D eigenvalue weighted by Gasteiger charge is -2.10. The number of aryl methyl sites for hydroxylation is 1. The molecule has 0 bridgehead atoms. The summed E-state index contributed by atoms with van der Waals surface area (Å²) in [6.07, 6.45) is 2.17. The number of amides is 1. The van der Waals surface area contributed by atoms with E-state index in [1.807, 2.05) is 0 Å². The van der Waals surface area contributed by atoms with Crippen LogP contribution in [0.3, 0.4) is 0 Å². The van der Waals surface area contributed by atoms with Crippen LogP contribution in [-0.2, 0) is 4.74 Å². The first-order chi connectivity index (χ1) is 8.69. The SMILES string of the molecule is COc1nc(C)cc(C(=O)NC[C@@H]2CCCO2)n1. The van der Waals surface area contributed by atoms with E-state index in [0.29, 0.717) is 17.9 Å². The topological polar surface area (TPSA) is 73.3 Å². The van der Waals surface area contributed by atoms with Crippen molar-refractivity contribution in [2.24, 2.45) is 0 Å². The van der Waals surface area contributed by atoms with E-state index in [2.05, 4.69) is 15.3 Å². The molecule has 1 atom stereocenters. The maximum Gasteiger partial charge on any atom is 0.317 e. The second-order valence-corrected chi connectivity index (χ2v) is 4.23. The molecule has 2 rings (SSSR count). The Morgan fingerprint density at radius 1 is 1.61 bits per heavy atom. The molecule has 0 spiro atoms. The molecule has 2 heterocycles. The van der Waals surface area contributed by atoms with E-state index in [-0.39, 0.29) is 18.0 Å². The highest BCUT2D eigenvalue weighted by Gasteiger charge is 2.17. The average molecular weight is 251 g/mol. The molecule has 18 heavy (non-hydrogen) atoms. The Labute approximate surface area is 106 Å². The summed E-state index contributed by atoms with van der Waals surface area (Å²) in [5, 5.41) is 2.81. The smallest absolute Gasteiger partial charge is 0.317 e. The highest BCUT2D eigenvalue weighted by molar-refractivity contribution is 5.92. The van der Waals surface area contributed by atoms with Crippen LogP contribution >= 0.6 is 0 Å². The summed E-state index contributed by atoms with van der Waals surface area (Å²) in [5.41, 5.74) is 1.02. The van der Waals surface area contributed by atoms with E-state index < -0.39 is 0 Å². The van der Waals surface area contributed by atoms with Crippen molar-refractivity contribution in [3.63, 3.8) is 0 Å². The van der Waals surface area contributed by atoms with E-state index in [4.69, 9.17) is 9.47 Å². The molecular formula is C12H17N3O3. The van der Waals surface area contributed by atoms with Crippen LogP contribution in [-0.4, -0.2) is 42.2 Å². The van der Waals surface area contributed by atoms with Gasteiger partial charge in [-0.25, -0.2) is 4.98 Å². The van der Waals surface area contributed by atoms with E-state index in [1.165, 1.54) is 7.11 Å². The number of carbonyl (C=O) groups is 1. The minimum atomic E-state index is -0.227. The first-order valence-corrected chi connectivity index (χ1v) is 5.98. The van der Waals surface area contributed by atoms with Crippen molar-refractivity contribution < 1.29 is 14.3 Å². The zero-order valence-corrected chi connectivity index (χ0v) is 10.6. The maximum absolute atomic E-state index is 11.9. The molecule has 1 saturated heterocycles. The third-order valence-corrected chi connectivity index (χ3v) is 2.76. The Kier molecular flexibility index (Phi) is 4.09. The van der Waals surface area contributed by atoms with E-state index in [0.717, 1.165) is 19.4 Å². The molecule has 6 nitrogen and oxygen atoms in total. The fourth-order valence-corrected chi connectivity index (χ4v) is 1.85. The lowest BCUT2D eigenvalue weighted by atomic mass is 10.2. The first kappa shape index (κ1) is 12.8. The van der Waals surface area contributed by atoms with Gasteiger partial charge in [-0.05, 0) is 25.8 Å². The van der Waals surface area contributed by atoms with Gasteiger partial charge in [0.25, 0.3) is 5.91 Å². The molecule has 1 aliphatic heterocycles. The molecule has 98 valence electrons. The number of aromatic nitrogens is 2. The lowest BCUT2D eigenvalue weighted by molar-refractivity contribution is 0.0852. The summed E-state index contributed by atoms with van der Waals surface area (Å²) >= 11 is 0. The molecule has 1 aromatic rings. The second kappa shape index (κ2) is 5.77. The molecule has 0 aliphatic carbocycles. The van der Waals surface area contributed by atoms with Crippen LogP contribution < -0.4 is 10.1 Å². The number of nitrogens with zero attached hydrogens (tertiary/aromatic N) is 2. The Bertz CT molecular complexity index is 431. The van der Waals surface area contributed by atoms with Gasteiger partial charge in [0, 0.05) is 18.8 Å². The van der Waals surface area contributed by atoms with Crippen LogP contribution in [0.4, 0.5) is 0 Å². The summed E-state index contributed by atoms with van der Waals surface area (Å²) in [6, 6.07) is 1.84. The van der Waals surface area contributed by atoms with Crippen molar-refractivity contribution in [3.05, 3.63) is 17.5 Å². The Hall–Kier alpha value is -1.69. The second-order valence-electron chi connectivity index (χ2n) is 4.23. The van der Waals surface area contributed by atoms with Crippen LogP contribution in [0.25, 0.3) is 0 Å². The third kappa shape index (κ3) is 3.16. The molecule has 1 aromatic heterocycles. The number of methoxy groups -OCH3 is 1. The molecule has 1 fully saturated rings. The fourth-order valence-electron chi connectivity index (χ4n) is 1.85. The van der Waals surface area contributed by atoms with Gasteiger partial charge >= 0.3 is 6.01 Å². The van der Waals surface area contributed by atoms with E-state index in [1.54, 1.807) is 13.0 Å². The lowest BCUT2D eigenvalue weighted by Crippen LogP contribution is -2.32. The Balaban J connectivity index is 1.97. The highest BCUT2D eigenvalue weighted by Crippen LogP contribution is 2.11.